The van der Waals surface area contributed by atoms with Crippen molar-refractivity contribution in [2.75, 3.05) is 31.3 Å². The lowest BCUT2D eigenvalue weighted by Crippen LogP contribution is -2.41. The van der Waals surface area contributed by atoms with Crippen molar-refractivity contribution in [3.8, 4) is 11.6 Å². The number of hydrogen-bond acceptors (Lipinski definition) is 6. The summed E-state index contributed by atoms with van der Waals surface area (Å²) in [5.41, 5.74) is 0. The summed E-state index contributed by atoms with van der Waals surface area (Å²) >= 11 is 0. The van der Waals surface area contributed by atoms with E-state index in [9.17, 15) is 4.79 Å². The maximum absolute atomic E-state index is 12.2. The van der Waals surface area contributed by atoms with Crippen LogP contribution in [0.5, 0.6) is 11.6 Å². The van der Waals surface area contributed by atoms with E-state index in [2.05, 4.69) is 38.8 Å². The molecular formula is C18H28N2O5Si. The number of nitrogens with zero attached hydrogens (tertiary/aromatic N) is 2. The monoisotopic (exact) mass is 380 g/mol. The number of rotatable bonds is 5. The van der Waals surface area contributed by atoms with Crippen LogP contribution in [-0.2, 0) is 9.16 Å². The Hall–Kier alpha value is -1.80. The Morgan fingerprint density at radius 1 is 1.27 bits per heavy atom. The lowest BCUT2D eigenvalue weighted by molar-refractivity contribution is 0.123. The van der Waals surface area contributed by atoms with Crippen LogP contribution in [-0.4, -0.2) is 51.9 Å². The second-order valence-corrected chi connectivity index (χ2v) is 13.0. The summed E-state index contributed by atoms with van der Waals surface area (Å²) in [5, 5.41) is 0.167. The normalized spacial score (nSPS) is 20.3. The van der Waals surface area contributed by atoms with Gasteiger partial charge in [-0.25, -0.2) is 4.79 Å². The van der Waals surface area contributed by atoms with Crippen LogP contribution >= 0.6 is 0 Å². The number of cyclic esters (lactones) is 1. The van der Waals surface area contributed by atoms with Crippen LogP contribution in [0.3, 0.4) is 0 Å². The molecule has 144 valence electrons. The fourth-order valence-electron chi connectivity index (χ4n) is 2.59. The molecule has 1 atom stereocenters. The Bertz CT molecular complexity index is 674. The second-order valence-electron chi connectivity index (χ2n) is 8.18. The molecule has 3 heterocycles. The van der Waals surface area contributed by atoms with E-state index in [4.69, 9.17) is 18.6 Å². The molecule has 3 rings (SSSR count). The molecule has 0 aromatic carbocycles. The fraction of sp³-hybridized carbons (Fsp3) is 0.667. The average Bonchev–Trinajstić information content (AvgIpc) is 2.94. The van der Waals surface area contributed by atoms with Crippen molar-refractivity contribution < 1.29 is 23.4 Å². The van der Waals surface area contributed by atoms with Gasteiger partial charge >= 0.3 is 6.09 Å². The van der Waals surface area contributed by atoms with Gasteiger partial charge in [0.1, 0.15) is 25.1 Å². The number of carbonyl (C=O) groups excluding carboxylic acids is 1. The Labute approximate surface area is 155 Å². The molecule has 0 bridgehead atoms. The molecule has 0 radical (unpaired) electrons. The van der Waals surface area contributed by atoms with Crippen molar-refractivity contribution in [2.45, 2.75) is 51.4 Å². The second kappa shape index (κ2) is 7.07. The van der Waals surface area contributed by atoms with Gasteiger partial charge in [-0.1, -0.05) is 20.8 Å². The SMILES string of the molecule is CC(C)(C)[Si](C)(C)OCCC1CN(c2ccc3c(n2)OCCO3)C(=O)O1. The minimum absolute atomic E-state index is 0.167. The quantitative estimate of drug-likeness (QED) is 0.727. The number of carbonyl (C=O) groups is 1. The van der Waals surface area contributed by atoms with Gasteiger partial charge in [0, 0.05) is 13.0 Å². The molecule has 1 unspecified atom stereocenters. The molecule has 1 saturated heterocycles. The molecule has 2 aliphatic heterocycles. The first kappa shape index (κ1) is 19.0. The molecule has 0 saturated carbocycles. The van der Waals surface area contributed by atoms with Crippen LogP contribution in [0.25, 0.3) is 0 Å². The van der Waals surface area contributed by atoms with E-state index in [1.54, 1.807) is 12.1 Å². The van der Waals surface area contributed by atoms with Crippen LogP contribution in [0, 0.1) is 0 Å². The van der Waals surface area contributed by atoms with E-state index in [0.717, 1.165) is 0 Å². The standard InChI is InChI=1S/C18H28N2O5Si/c1-18(2,3)26(4,5)24-9-8-13-12-20(17(21)25-13)15-7-6-14-16(19-15)23-11-10-22-14/h6-7,13H,8-12H2,1-5H3. The number of ether oxygens (including phenoxy) is 3. The number of amides is 1. The topological polar surface area (TPSA) is 70.1 Å². The number of anilines is 1. The number of aromatic nitrogens is 1. The first-order chi connectivity index (χ1) is 12.2. The molecule has 1 aromatic heterocycles. The van der Waals surface area contributed by atoms with Crippen LogP contribution in [0.4, 0.5) is 10.6 Å². The summed E-state index contributed by atoms with van der Waals surface area (Å²) in [5.74, 6) is 1.55. The molecule has 0 N–H and O–H groups in total. The van der Waals surface area contributed by atoms with Crippen LogP contribution in [0.15, 0.2) is 12.1 Å². The summed E-state index contributed by atoms with van der Waals surface area (Å²) in [4.78, 5) is 18.2. The zero-order valence-corrected chi connectivity index (χ0v) is 17.2. The highest BCUT2D eigenvalue weighted by atomic mass is 28.4. The molecule has 8 heteroatoms. The Balaban J connectivity index is 1.57. The van der Waals surface area contributed by atoms with E-state index < -0.39 is 8.32 Å². The van der Waals surface area contributed by atoms with Crippen molar-refractivity contribution in [3.63, 3.8) is 0 Å². The number of fused-ring (bicyclic) bond motifs is 1. The summed E-state index contributed by atoms with van der Waals surface area (Å²) in [6.07, 6.45) is 0.105. The third-order valence-corrected chi connectivity index (χ3v) is 9.79. The summed E-state index contributed by atoms with van der Waals surface area (Å²) < 4.78 is 22.6. The van der Waals surface area contributed by atoms with Crippen LogP contribution in [0.1, 0.15) is 27.2 Å². The third-order valence-electron chi connectivity index (χ3n) is 5.25. The van der Waals surface area contributed by atoms with Crippen LogP contribution < -0.4 is 14.4 Å². The van der Waals surface area contributed by atoms with Gasteiger partial charge in [-0.2, -0.15) is 4.98 Å². The maximum Gasteiger partial charge on any atom is 0.415 e. The molecule has 1 amide bonds. The molecule has 7 nitrogen and oxygen atoms in total. The summed E-state index contributed by atoms with van der Waals surface area (Å²) in [6.45, 7) is 13.1. The predicted molar refractivity (Wildman–Crippen MR) is 101 cm³/mol. The highest BCUT2D eigenvalue weighted by Gasteiger charge is 2.38. The van der Waals surface area contributed by atoms with Gasteiger partial charge in [-0.3, -0.25) is 4.90 Å². The maximum atomic E-state index is 12.2. The molecule has 26 heavy (non-hydrogen) atoms. The lowest BCUT2D eigenvalue weighted by atomic mass is 10.2. The van der Waals surface area contributed by atoms with E-state index in [1.165, 1.54) is 4.90 Å². The molecular weight excluding hydrogens is 352 g/mol. The van der Waals surface area contributed by atoms with Gasteiger partial charge in [0.15, 0.2) is 14.1 Å². The smallest absolute Gasteiger partial charge is 0.415 e. The van der Waals surface area contributed by atoms with Gasteiger partial charge in [-0.15, -0.1) is 0 Å². The molecule has 2 aliphatic rings. The molecule has 0 spiro atoms. The lowest BCUT2D eigenvalue weighted by Gasteiger charge is -2.36. The third kappa shape index (κ3) is 3.96. The van der Waals surface area contributed by atoms with Crippen molar-refractivity contribution in [2.24, 2.45) is 0 Å². The number of pyridine rings is 1. The molecule has 1 aromatic rings. The van der Waals surface area contributed by atoms with E-state index >= 15 is 0 Å². The molecule has 0 aliphatic carbocycles. The van der Waals surface area contributed by atoms with Gasteiger partial charge in [0.25, 0.3) is 5.88 Å². The van der Waals surface area contributed by atoms with Crippen molar-refractivity contribution in [1.29, 1.82) is 0 Å². The molecule has 1 fully saturated rings. The van der Waals surface area contributed by atoms with E-state index in [-0.39, 0.29) is 17.2 Å². The van der Waals surface area contributed by atoms with Crippen molar-refractivity contribution >= 4 is 20.2 Å². The summed E-state index contributed by atoms with van der Waals surface area (Å²) in [6, 6.07) is 3.53. The number of hydrogen-bond donors (Lipinski definition) is 0. The zero-order valence-electron chi connectivity index (χ0n) is 16.2. The fourth-order valence-corrected chi connectivity index (χ4v) is 3.65. The van der Waals surface area contributed by atoms with E-state index in [0.29, 0.717) is 50.2 Å². The largest absolute Gasteiger partial charge is 0.484 e. The van der Waals surface area contributed by atoms with Crippen molar-refractivity contribution in [3.05, 3.63) is 12.1 Å². The van der Waals surface area contributed by atoms with Gasteiger partial charge < -0.3 is 18.6 Å². The average molecular weight is 381 g/mol. The van der Waals surface area contributed by atoms with Crippen molar-refractivity contribution in [1.82, 2.24) is 4.98 Å². The Kier molecular flexibility index (Phi) is 5.16. The zero-order chi connectivity index (χ0) is 18.9. The minimum Gasteiger partial charge on any atom is -0.484 e. The van der Waals surface area contributed by atoms with Gasteiger partial charge in [0.05, 0.1) is 6.54 Å². The first-order valence-electron chi connectivity index (χ1n) is 9.06. The summed E-state index contributed by atoms with van der Waals surface area (Å²) in [7, 11) is -1.79. The van der Waals surface area contributed by atoms with Gasteiger partial charge in [0.2, 0.25) is 0 Å². The highest BCUT2D eigenvalue weighted by molar-refractivity contribution is 6.74. The first-order valence-corrected chi connectivity index (χ1v) is 12.0. The Morgan fingerprint density at radius 3 is 2.73 bits per heavy atom. The van der Waals surface area contributed by atoms with Crippen LogP contribution in [0.2, 0.25) is 18.1 Å². The highest BCUT2D eigenvalue weighted by Crippen LogP contribution is 2.37. The predicted octanol–water partition coefficient (Wildman–Crippen LogP) is 3.59. The van der Waals surface area contributed by atoms with Gasteiger partial charge in [-0.05, 0) is 30.3 Å². The Morgan fingerprint density at radius 2 is 2.00 bits per heavy atom. The minimum atomic E-state index is -1.79. The van der Waals surface area contributed by atoms with E-state index in [1.807, 2.05) is 0 Å².